The SMILES string of the molecule is O=C(NCC1CCCC1)C1CNCCO1. The van der Waals surface area contributed by atoms with E-state index in [1.165, 1.54) is 25.7 Å². The van der Waals surface area contributed by atoms with Crippen LogP contribution in [0.25, 0.3) is 0 Å². The van der Waals surface area contributed by atoms with E-state index in [2.05, 4.69) is 10.6 Å². The van der Waals surface area contributed by atoms with E-state index in [0.29, 0.717) is 19.1 Å². The fourth-order valence-corrected chi connectivity index (χ4v) is 2.31. The van der Waals surface area contributed by atoms with E-state index in [1.807, 2.05) is 0 Å². The minimum atomic E-state index is -0.278. The van der Waals surface area contributed by atoms with Crippen molar-refractivity contribution in [2.75, 3.05) is 26.2 Å². The van der Waals surface area contributed by atoms with Crippen molar-refractivity contribution < 1.29 is 9.53 Å². The molecule has 86 valence electrons. The van der Waals surface area contributed by atoms with Gasteiger partial charge in [-0.05, 0) is 18.8 Å². The molecule has 2 rings (SSSR count). The average molecular weight is 212 g/mol. The van der Waals surface area contributed by atoms with Gasteiger partial charge in [-0.1, -0.05) is 12.8 Å². The van der Waals surface area contributed by atoms with E-state index < -0.39 is 0 Å². The van der Waals surface area contributed by atoms with E-state index in [9.17, 15) is 4.79 Å². The summed E-state index contributed by atoms with van der Waals surface area (Å²) in [4.78, 5) is 11.7. The summed E-state index contributed by atoms with van der Waals surface area (Å²) in [6.45, 7) is 2.98. The molecule has 1 atom stereocenters. The first-order valence-corrected chi connectivity index (χ1v) is 5.96. The van der Waals surface area contributed by atoms with E-state index in [0.717, 1.165) is 13.1 Å². The van der Waals surface area contributed by atoms with Crippen LogP contribution in [0.1, 0.15) is 25.7 Å². The molecular weight excluding hydrogens is 192 g/mol. The quantitative estimate of drug-likeness (QED) is 0.706. The lowest BCUT2D eigenvalue weighted by molar-refractivity contribution is -0.134. The van der Waals surface area contributed by atoms with Crippen LogP contribution in [0.2, 0.25) is 0 Å². The lowest BCUT2D eigenvalue weighted by atomic mass is 10.1. The molecule has 2 fully saturated rings. The van der Waals surface area contributed by atoms with Gasteiger partial charge in [0.2, 0.25) is 5.91 Å². The van der Waals surface area contributed by atoms with E-state index >= 15 is 0 Å². The Bertz CT molecular complexity index is 209. The van der Waals surface area contributed by atoms with Crippen molar-refractivity contribution in [1.82, 2.24) is 10.6 Å². The number of carbonyl (C=O) groups is 1. The molecule has 0 bridgehead atoms. The van der Waals surface area contributed by atoms with Gasteiger partial charge < -0.3 is 15.4 Å². The van der Waals surface area contributed by atoms with Crippen LogP contribution in [0.3, 0.4) is 0 Å². The summed E-state index contributed by atoms with van der Waals surface area (Å²) in [5, 5.41) is 6.15. The number of carbonyl (C=O) groups excluding carboxylic acids is 1. The first-order chi connectivity index (χ1) is 7.36. The van der Waals surface area contributed by atoms with Crippen molar-refractivity contribution in [2.24, 2.45) is 5.92 Å². The molecule has 0 aromatic rings. The van der Waals surface area contributed by atoms with Crippen LogP contribution in [-0.2, 0) is 9.53 Å². The fraction of sp³-hybridized carbons (Fsp3) is 0.909. The Morgan fingerprint density at radius 2 is 2.20 bits per heavy atom. The summed E-state index contributed by atoms with van der Waals surface area (Å²) < 4.78 is 5.38. The highest BCUT2D eigenvalue weighted by Gasteiger charge is 2.23. The van der Waals surface area contributed by atoms with Gasteiger partial charge in [0.05, 0.1) is 6.61 Å². The first-order valence-electron chi connectivity index (χ1n) is 5.96. The van der Waals surface area contributed by atoms with Gasteiger partial charge in [0.1, 0.15) is 6.10 Å². The predicted molar refractivity (Wildman–Crippen MR) is 57.6 cm³/mol. The molecule has 1 unspecified atom stereocenters. The van der Waals surface area contributed by atoms with Crippen molar-refractivity contribution in [3.05, 3.63) is 0 Å². The number of amides is 1. The first kappa shape index (κ1) is 10.9. The monoisotopic (exact) mass is 212 g/mol. The van der Waals surface area contributed by atoms with Gasteiger partial charge in [-0.15, -0.1) is 0 Å². The van der Waals surface area contributed by atoms with Crippen LogP contribution < -0.4 is 10.6 Å². The Morgan fingerprint density at radius 3 is 2.87 bits per heavy atom. The van der Waals surface area contributed by atoms with E-state index in [1.54, 1.807) is 0 Å². The van der Waals surface area contributed by atoms with Crippen LogP contribution >= 0.6 is 0 Å². The molecule has 1 saturated carbocycles. The Hall–Kier alpha value is -0.610. The smallest absolute Gasteiger partial charge is 0.250 e. The molecule has 2 aliphatic rings. The minimum absolute atomic E-state index is 0.0501. The van der Waals surface area contributed by atoms with Crippen molar-refractivity contribution in [2.45, 2.75) is 31.8 Å². The average Bonchev–Trinajstić information content (AvgIpc) is 2.80. The number of hydrogen-bond donors (Lipinski definition) is 2. The molecule has 0 aromatic carbocycles. The molecule has 1 amide bonds. The van der Waals surface area contributed by atoms with Crippen LogP contribution in [0.15, 0.2) is 0 Å². The van der Waals surface area contributed by atoms with Crippen LogP contribution in [0.4, 0.5) is 0 Å². The molecular formula is C11H20N2O2. The number of morpholine rings is 1. The molecule has 2 N–H and O–H groups in total. The highest BCUT2D eigenvalue weighted by atomic mass is 16.5. The third-order valence-electron chi connectivity index (χ3n) is 3.26. The zero-order valence-electron chi connectivity index (χ0n) is 9.13. The maximum absolute atomic E-state index is 11.7. The molecule has 1 saturated heterocycles. The standard InChI is InChI=1S/C11H20N2O2/c14-11(10-8-12-5-6-15-10)13-7-9-3-1-2-4-9/h9-10,12H,1-8H2,(H,13,14). The van der Waals surface area contributed by atoms with Gasteiger partial charge in [-0.3, -0.25) is 4.79 Å². The largest absolute Gasteiger partial charge is 0.366 e. The highest BCUT2D eigenvalue weighted by Crippen LogP contribution is 2.23. The molecule has 0 radical (unpaired) electrons. The summed E-state index contributed by atoms with van der Waals surface area (Å²) >= 11 is 0. The Kier molecular flexibility index (Phi) is 3.97. The molecule has 1 aliphatic heterocycles. The van der Waals surface area contributed by atoms with Gasteiger partial charge in [-0.25, -0.2) is 0 Å². The zero-order chi connectivity index (χ0) is 10.5. The molecule has 1 heterocycles. The van der Waals surface area contributed by atoms with Crippen molar-refractivity contribution >= 4 is 5.91 Å². The second kappa shape index (κ2) is 5.47. The zero-order valence-corrected chi connectivity index (χ0v) is 9.13. The maximum atomic E-state index is 11.7. The summed E-state index contributed by atoms with van der Waals surface area (Å²) in [5.74, 6) is 0.750. The van der Waals surface area contributed by atoms with E-state index in [-0.39, 0.29) is 12.0 Å². The highest BCUT2D eigenvalue weighted by molar-refractivity contribution is 5.81. The lowest BCUT2D eigenvalue weighted by Gasteiger charge is -2.23. The van der Waals surface area contributed by atoms with Crippen molar-refractivity contribution in [3.8, 4) is 0 Å². The minimum Gasteiger partial charge on any atom is -0.366 e. The topological polar surface area (TPSA) is 50.4 Å². The number of nitrogens with one attached hydrogen (secondary N) is 2. The number of rotatable bonds is 3. The third kappa shape index (κ3) is 3.18. The van der Waals surface area contributed by atoms with Crippen LogP contribution in [-0.4, -0.2) is 38.3 Å². The summed E-state index contributed by atoms with van der Waals surface area (Å²) in [6, 6.07) is 0. The van der Waals surface area contributed by atoms with Crippen LogP contribution in [0.5, 0.6) is 0 Å². The molecule has 1 aliphatic carbocycles. The van der Waals surface area contributed by atoms with E-state index in [4.69, 9.17) is 4.74 Å². The second-order valence-electron chi connectivity index (χ2n) is 4.46. The summed E-state index contributed by atoms with van der Waals surface area (Å²) in [6.07, 6.45) is 4.90. The molecule has 15 heavy (non-hydrogen) atoms. The molecule has 4 heteroatoms. The van der Waals surface area contributed by atoms with Gasteiger partial charge >= 0.3 is 0 Å². The summed E-state index contributed by atoms with van der Waals surface area (Å²) in [7, 11) is 0. The Balaban J connectivity index is 1.66. The fourth-order valence-electron chi connectivity index (χ4n) is 2.31. The Labute approximate surface area is 90.8 Å². The van der Waals surface area contributed by atoms with Gasteiger partial charge in [0.25, 0.3) is 0 Å². The van der Waals surface area contributed by atoms with Crippen molar-refractivity contribution in [1.29, 1.82) is 0 Å². The Morgan fingerprint density at radius 1 is 1.40 bits per heavy atom. The molecule has 0 aromatic heterocycles. The number of ether oxygens (including phenoxy) is 1. The normalized spacial score (nSPS) is 27.9. The predicted octanol–water partition coefficient (Wildman–Crippen LogP) is 0.281. The second-order valence-corrected chi connectivity index (χ2v) is 4.46. The van der Waals surface area contributed by atoms with Gasteiger partial charge in [0, 0.05) is 19.6 Å². The maximum Gasteiger partial charge on any atom is 0.250 e. The van der Waals surface area contributed by atoms with Gasteiger partial charge in [0.15, 0.2) is 0 Å². The number of hydrogen-bond acceptors (Lipinski definition) is 3. The molecule has 0 spiro atoms. The van der Waals surface area contributed by atoms with Gasteiger partial charge in [-0.2, -0.15) is 0 Å². The third-order valence-corrected chi connectivity index (χ3v) is 3.26. The lowest BCUT2D eigenvalue weighted by Crippen LogP contribution is -2.48. The van der Waals surface area contributed by atoms with Crippen molar-refractivity contribution in [3.63, 3.8) is 0 Å². The molecule has 4 nitrogen and oxygen atoms in total. The summed E-state index contributed by atoms with van der Waals surface area (Å²) in [5.41, 5.74) is 0. The van der Waals surface area contributed by atoms with Crippen LogP contribution in [0, 0.1) is 5.92 Å².